The topological polar surface area (TPSA) is 47.0 Å². The maximum atomic E-state index is 5.05. The van der Waals surface area contributed by atoms with E-state index in [0.29, 0.717) is 17.8 Å². The van der Waals surface area contributed by atoms with Crippen LogP contribution in [-0.2, 0) is 0 Å². The van der Waals surface area contributed by atoms with Crippen molar-refractivity contribution in [2.75, 3.05) is 14.2 Å². The number of nitrogens with one attached hydrogen (secondary N) is 1. The lowest BCUT2D eigenvalue weighted by atomic mass is 9.90. The van der Waals surface area contributed by atoms with Gasteiger partial charge in [0.1, 0.15) is 0 Å². The average molecular weight is 249 g/mol. The Balaban J connectivity index is 2.10. The van der Waals surface area contributed by atoms with Gasteiger partial charge in [0.15, 0.2) is 0 Å². The third-order valence-corrected chi connectivity index (χ3v) is 3.87. The Morgan fingerprint density at radius 3 is 2.39 bits per heavy atom. The van der Waals surface area contributed by atoms with Crippen molar-refractivity contribution in [3.63, 3.8) is 0 Å². The third kappa shape index (κ3) is 3.19. The second kappa shape index (κ2) is 6.69. The largest absolute Gasteiger partial charge is 0.480 e. The number of hydrogen-bond acceptors (Lipinski definition) is 4. The molecule has 0 radical (unpaired) electrons. The zero-order valence-electron chi connectivity index (χ0n) is 11.4. The van der Waals surface area contributed by atoms with Crippen LogP contribution in [0.4, 0.5) is 0 Å². The Bertz CT molecular complexity index is 345. The van der Waals surface area contributed by atoms with E-state index in [4.69, 9.17) is 4.74 Å². The van der Waals surface area contributed by atoms with Crippen LogP contribution in [0.2, 0.25) is 0 Å². The zero-order valence-corrected chi connectivity index (χ0v) is 11.4. The van der Waals surface area contributed by atoms with Crippen molar-refractivity contribution in [3.05, 3.63) is 17.8 Å². The van der Waals surface area contributed by atoms with E-state index in [9.17, 15) is 0 Å². The molecule has 0 aromatic carbocycles. The van der Waals surface area contributed by atoms with E-state index in [2.05, 4.69) is 15.5 Å². The second-order valence-electron chi connectivity index (χ2n) is 5.02. The third-order valence-electron chi connectivity index (χ3n) is 3.87. The fraction of sp³-hybridized carbons (Fsp3) is 0.714. The Hall–Kier alpha value is -1.16. The molecule has 1 saturated carbocycles. The molecule has 0 amide bonds. The highest BCUT2D eigenvalue weighted by Crippen LogP contribution is 2.32. The van der Waals surface area contributed by atoms with Crippen LogP contribution >= 0.6 is 0 Å². The molecule has 1 aliphatic carbocycles. The van der Waals surface area contributed by atoms with Crippen molar-refractivity contribution in [1.29, 1.82) is 0 Å². The molecule has 1 heterocycles. The van der Waals surface area contributed by atoms with Crippen LogP contribution in [-0.4, -0.2) is 24.4 Å². The maximum Gasteiger partial charge on any atom is 0.233 e. The minimum Gasteiger partial charge on any atom is -0.480 e. The van der Waals surface area contributed by atoms with Gasteiger partial charge in [0.25, 0.3) is 0 Å². The van der Waals surface area contributed by atoms with E-state index < -0.39 is 0 Å². The quantitative estimate of drug-likeness (QED) is 0.833. The second-order valence-corrected chi connectivity index (χ2v) is 5.02. The van der Waals surface area contributed by atoms with E-state index in [0.717, 1.165) is 5.69 Å². The summed E-state index contributed by atoms with van der Waals surface area (Å²) in [7, 11) is 3.63. The highest BCUT2D eigenvalue weighted by Gasteiger charge is 2.24. The van der Waals surface area contributed by atoms with Crippen LogP contribution < -0.4 is 10.1 Å². The zero-order chi connectivity index (χ0) is 12.8. The Kier molecular flexibility index (Phi) is 4.93. The predicted molar refractivity (Wildman–Crippen MR) is 71.6 cm³/mol. The van der Waals surface area contributed by atoms with Gasteiger partial charge >= 0.3 is 0 Å². The van der Waals surface area contributed by atoms with Gasteiger partial charge in [-0.3, -0.25) is 0 Å². The highest BCUT2D eigenvalue weighted by molar-refractivity contribution is 5.14. The molecule has 1 aromatic rings. The standard InChI is InChI=1S/C14H23N3O/c1-15-14(11-7-5-3-4-6-8-11)12-9-10-13(18-2)17-16-12/h9-11,14-15H,3-8H2,1-2H3. The number of aromatic nitrogens is 2. The van der Waals surface area contributed by atoms with E-state index in [1.54, 1.807) is 7.11 Å². The van der Waals surface area contributed by atoms with Crippen LogP contribution in [0, 0.1) is 5.92 Å². The average Bonchev–Trinajstić information content (AvgIpc) is 2.70. The minimum absolute atomic E-state index is 0.321. The summed E-state index contributed by atoms with van der Waals surface area (Å²) in [5.74, 6) is 1.26. The molecule has 4 nitrogen and oxygen atoms in total. The molecule has 1 aliphatic rings. The molecule has 0 bridgehead atoms. The fourth-order valence-corrected chi connectivity index (χ4v) is 2.87. The van der Waals surface area contributed by atoms with Crippen LogP contribution in [0.1, 0.15) is 50.3 Å². The van der Waals surface area contributed by atoms with Gasteiger partial charge in [-0.1, -0.05) is 25.7 Å². The van der Waals surface area contributed by atoms with Crippen LogP contribution in [0.5, 0.6) is 5.88 Å². The summed E-state index contributed by atoms with van der Waals surface area (Å²) in [5, 5.41) is 11.8. The SMILES string of the molecule is CNC(c1ccc(OC)nn1)C1CCCCCC1. The van der Waals surface area contributed by atoms with Crippen molar-refractivity contribution in [2.24, 2.45) is 5.92 Å². The normalized spacial score (nSPS) is 19.2. The summed E-state index contributed by atoms with van der Waals surface area (Å²) in [5.41, 5.74) is 1.03. The Morgan fingerprint density at radius 2 is 1.89 bits per heavy atom. The van der Waals surface area contributed by atoms with Crippen LogP contribution in [0.15, 0.2) is 12.1 Å². The molecule has 1 aromatic heterocycles. The Morgan fingerprint density at radius 1 is 1.17 bits per heavy atom. The molecule has 18 heavy (non-hydrogen) atoms. The summed E-state index contributed by atoms with van der Waals surface area (Å²) in [6, 6.07) is 4.24. The van der Waals surface area contributed by atoms with Crippen molar-refractivity contribution in [2.45, 2.75) is 44.6 Å². The van der Waals surface area contributed by atoms with Gasteiger partial charge in [0, 0.05) is 6.07 Å². The first-order chi connectivity index (χ1) is 8.85. The molecule has 1 unspecified atom stereocenters. The number of methoxy groups -OCH3 is 1. The molecule has 0 saturated heterocycles. The number of nitrogens with zero attached hydrogens (tertiary/aromatic N) is 2. The lowest BCUT2D eigenvalue weighted by Gasteiger charge is -2.24. The van der Waals surface area contributed by atoms with E-state index in [1.807, 2.05) is 19.2 Å². The van der Waals surface area contributed by atoms with Gasteiger partial charge < -0.3 is 10.1 Å². The lowest BCUT2D eigenvalue weighted by molar-refractivity contribution is 0.330. The van der Waals surface area contributed by atoms with Gasteiger partial charge in [-0.2, -0.15) is 5.10 Å². The van der Waals surface area contributed by atoms with Gasteiger partial charge in [-0.05, 0) is 31.9 Å². The molecule has 0 aliphatic heterocycles. The summed E-state index contributed by atoms with van der Waals surface area (Å²) in [4.78, 5) is 0. The first-order valence-electron chi connectivity index (χ1n) is 6.90. The van der Waals surface area contributed by atoms with Gasteiger partial charge in [-0.25, -0.2) is 0 Å². The molecule has 100 valence electrons. The van der Waals surface area contributed by atoms with Gasteiger partial charge in [0.05, 0.1) is 18.8 Å². The summed E-state index contributed by atoms with van der Waals surface area (Å²) < 4.78 is 5.05. The summed E-state index contributed by atoms with van der Waals surface area (Å²) in [6.45, 7) is 0. The Labute approximate surface area is 109 Å². The highest BCUT2D eigenvalue weighted by atomic mass is 16.5. The molecule has 1 fully saturated rings. The van der Waals surface area contributed by atoms with Crippen molar-refractivity contribution in [1.82, 2.24) is 15.5 Å². The molecule has 4 heteroatoms. The number of ether oxygens (including phenoxy) is 1. The van der Waals surface area contributed by atoms with Crippen LogP contribution in [0.3, 0.4) is 0 Å². The molecule has 1 atom stereocenters. The maximum absolute atomic E-state index is 5.05. The van der Waals surface area contributed by atoms with E-state index in [1.165, 1.54) is 38.5 Å². The van der Waals surface area contributed by atoms with Crippen LogP contribution in [0.25, 0.3) is 0 Å². The first kappa shape index (κ1) is 13.3. The summed E-state index contributed by atoms with van der Waals surface area (Å²) in [6.07, 6.45) is 8.01. The summed E-state index contributed by atoms with van der Waals surface area (Å²) >= 11 is 0. The fourth-order valence-electron chi connectivity index (χ4n) is 2.87. The predicted octanol–water partition coefficient (Wildman–Crippen LogP) is 2.72. The minimum atomic E-state index is 0.321. The lowest BCUT2D eigenvalue weighted by Crippen LogP contribution is -2.26. The molecule has 1 N–H and O–H groups in total. The van der Waals surface area contributed by atoms with Crippen molar-refractivity contribution < 1.29 is 4.74 Å². The van der Waals surface area contributed by atoms with Crippen molar-refractivity contribution >= 4 is 0 Å². The van der Waals surface area contributed by atoms with Gasteiger partial charge in [0.2, 0.25) is 5.88 Å². The van der Waals surface area contributed by atoms with Gasteiger partial charge in [-0.15, -0.1) is 5.10 Å². The smallest absolute Gasteiger partial charge is 0.233 e. The van der Waals surface area contributed by atoms with E-state index in [-0.39, 0.29) is 0 Å². The number of rotatable bonds is 4. The molecule has 0 spiro atoms. The molecule has 2 rings (SSSR count). The number of hydrogen-bond donors (Lipinski definition) is 1. The first-order valence-corrected chi connectivity index (χ1v) is 6.90. The van der Waals surface area contributed by atoms with Crippen molar-refractivity contribution in [3.8, 4) is 5.88 Å². The molecular formula is C14H23N3O. The van der Waals surface area contributed by atoms with E-state index >= 15 is 0 Å². The monoisotopic (exact) mass is 249 g/mol. The molecular weight excluding hydrogens is 226 g/mol.